The predicted octanol–water partition coefficient (Wildman–Crippen LogP) is 3.01. The molecule has 25 heavy (non-hydrogen) atoms. The van der Waals surface area contributed by atoms with Crippen LogP contribution in [0, 0.1) is 0 Å². The molecule has 2 saturated heterocycles. The Kier molecular flexibility index (Phi) is 6.45. The highest BCUT2D eigenvalue weighted by molar-refractivity contribution is 5.92. The van der Waals surface area contributed by atoms with E-state index in [0.717, 1.165) is 51.1 Å². The number of benzene rings is 1. The van der Waals surface area contributed by atoms with E-state index in [2.05, 4.69) is 16.3 Å². The zero-order valence-corrected chi connectivity index (χ0v) is 15.0. The molecule has 3 rings (SSSR count). The Balaban J connectivity index is 1.52. The van der Waals surface area contributed by atoms with Gasteiger partial charge in [-0.05, 0) is 50.4 Å². The van der Waals surface area contributed by atoms with Gasteiger partial charge in [0.1, 0.15) is 0 Å². The summed E-state index contributed by atoms with van der Waals surface area (Å²) in [5, 5.41) is 3.05. The number of nitrogens with zero attached hydrogens (tertiary/aromatic N) is 2. The Morgan fingerprint density at radius 2 is 1.76 bits per heavy atom. The first-order chi connectivity index (χ1) is 12.2. The van der Waals surface area contributed by atoms with Crippen molar-refractivity contribution in [3.8, 4) is 0 Å². The number of amides is 2. The van der Waals surface area contributed by atoms with Gasteiger partial charge in [-0.1, -0.05) is 24.6 Å². The van der Waals surface area contributed by atoms with Crippen molar-refractivity contribution in [2.24, 2.45) is 0 Å². The summed E-state index contributed by atoms with van der Waals surface area (Å²) in [4.78, 5) is 28.7. The van der Waals surface area contributed by atoms with E-state index in [1.54, 1.807) is 0 Å². The first-order valence-corrected chi connectivity index (χ1v) is 9.60. The lowest BCUT2D eigenvalue weighted by atomic mass is 10.1. The molecule has 136 valence electrons. The minimum absolute atomic E-state index is 0.00841. The average molecular weight is 343 g/mol. The summed E-state index contributed by atoms with van der Waals surface area (Å²) in [7, 11) is 0. The van der Waals surface area contributed by atoms with Gasteiger partial charge in [-0.2, -0.15) is 0 Å². The van der Waals surface area contributed by atoms with Crippen LogP contribution in [0.15, 0.2) is 24.3 Å². The minimum atomic E-state index is -0.00841. The standard InChI is InChI=1S/C20H29N3O2/c24-19(11-15-23-14-5-1-2-10-20(23)25)21-18-9-4-3-8-17(18)16-22-12-6-7-13-22/h3-4,8-9H,1-2,5-7,10-16H2,(H,21,24). The Bertz CT molecular complexity index is 596. The lowest BCUT2D eigenvalue weighted by molar-refractivity contribution is -0.131. The summed E-state index contributed by atoms with van der Waals surface area (Å²) in [5.74, 6) is 0.186. The van der Waals surface area contributed by atoms with Crippen molar-refractivity contribution >= 4 is 17.5 Å². The number of anilines is 1. The van der Waals surface area contributed by atoms with Gasteiger partial charge in [0.05, 0.1) is 0 Å². The lowest BCUT2D eigenvalue weighted by Crippen LogP contribution is -2.33. The number of hydrogen-bond acceptors (Lipinski definition) is 3. The van der Waals surface area contributed by atoms with Gasteiger partial charge in [0.2, 0.25) is 11.8 Å². The molecule has 2 aliphatic heterocycles. The third kappa shape index (κ3) is 5.30. The van der Waals surface area contributed by atoms with Gasteiger partial charge < -0.3 is 10.2 Å². The van der Waals surface area contributed by atoms with E-state index in [-0.39, 0.29) is 11.8 Å². The van der Waals surface area contributed by atoms with Crippen LogP contribution in [0.2, 0.25) is 0 Å². The molecule has 1 N–H and O–H groups in total. The summed E-state index contributed by atoms with van der Waals surface area (Å²) < 4.78 is 0. The molecule has 0 atom stereocenters. The maximum Gasteiger partial charge on any atom is 0.226 e. The second-order valence-electron chi connectivity index (χ2n) is 7.13. The summed E-state index contributed by atoms with van der Waals surface area (Å²) in [6, 6.07) is 8.05. The molecule has 5 heteroatoms. The van der Waals surface area contributed by atoms with Crippen LogP contribution in [0.3, 0.4) is 0 Å². The van der Waals surface area contributed by atoms with Crippen molar-refractivity contribution in [1.82, 2.24) is 9.80 Å². The Labute approximate surface area is 150 Å². The van der Waals surface area contributed by atoms with E-state index in [1.807, 2.05) is 23.1 Å². The molecule has 0 saturated carbocycles. The molecule has 1 aromatic carbocycles. The molecular weight excluding hydrogens is 314 g/mol. The topological polar surface area (TPSA) is 52.7 Å². The number of nitrogens with one attached hydrogen (secondary N) is 1. The molecule has 0 aromatic heterocycles. The molecule has 0 spiro atoms. The van der Waals surface area contributed by atoms with Crippen LogP contribution in [0.4, 0.5) is 5.69 Å². The SMILES string of the molecule is O=C(CCN1CCCCCC1=O)Nc1ccccc1CN1CCCC1. The van der Waals surface area contributed by atoms with E-state index in [9.17, 15) is 9.59 Å². The zero-order valence-electron chi connectivity index (χ0n) is 15.0. The number of likely N-dealkylation sites (tertiary alicyclic amines) is 2. The van der Waals surface area contributed by atoms with Crippen molar-refractivity contribution in [3.63, 3.8) is 0 Å². The molecule has 2 amide bonds. The number of carbonyl (C=O) groups is 2. The van der Waals surface area contributed by atoms with Crippen LogP contribution >= 0.6 is 0 Å². The molecular formula is C20H29N3O2. The quantitative estimate of drug-likeness (QED) is 0.864. The van der Waals surface area contributed by atoms with Gasteiger partial charge in [-0.15, -0.1) is 0 Å². The van der Waals surface area contributed by atoms with E-state index in [1.165, 1.54) is 18.4 Å². The maximum atomic E-state index is 12.4. The maximum absolute atomic E-state index is 12.4. The van der Waals surface area contributed by atoms with Crippen LogP contribution in [0.1, 0.15) is 50.5 Å². The Morgan fingerprint density at radius 1 is 1.00 bits per heavy atom. The fourth-order valence-electron chi connectivity index (χ4n) is 3.69. The first-order valence-electron chi connectivity index (χ1n) is 9.60. The van der Waals surface area contributed by atoms with Gasteiger partial charge in [-0.3, -0.25) is 14.5 Å². The van der Waals surface area contributed by atoms with Crippen LogP contribution in [-0.2, 0) is 16.1 Å². The van der Waals surface area contributed by atoms with Crippen LogP contribution < -0.4 is 5.32 Å². The van der Waals surface area contributed by atoms with Crippen molar-refractivity contribution in [3.05, 3.63) is 29.8 Å². The van der Waals surface area contributed by atoms with E-state index in [4.69, 9.17) is 0 Å². The second kappa shape index (κ2) is 8.99. The van der Waals surface area contributed by atoms with Crippen LogP contribution in [-0.4, -0.2) is 47.8 Å². The molecule has 0 bridgehead atoms. The van der Waals surface area contributed by atoms with Crippen molar-refractivity contribution in [1.29, 1.82) is 0 Å². The molecule has 2 aliphatic rings. The van der Waals surface area contributed by atoms with Gasteiger partial charge in [-0.25, -0.2) is 0 Å². The largest absolute Gasteiger partial charge is 0.342 e. The van der Waals surface area contributed by atoms with Crippen LogP contribution in [0.25, 0.3) is 0 Å². The Morgan fingerprint density at radius 3 is 2.60 bits per heavy atom. The molecule has 1 aromatic rings. The highest BCUT2D eigenvalue weighted by Crippen LogP contribution is 2.20. The third-order valence-corrected chi connectivity index (χ3v) is 5.16. The third-order valence-electron chi connectivity index (χ3n) is 5.16. The fourth-order valence-corrected chi connectivity index (χ4v) is 3.69. The van der Waals surface area contributed by atoms with Crippen LogP contribution in [0.5, 0.6) is 0 Å². The first kappa shape index (κ1) is 17.9. The van der Waals surface area contributed by atoms with E-state index >= 15 is 0 Å². The van der Waals surface area contributed by atoms with Crippen molar-refractivity contribution < 1.29 is 9.59 Å². The number of rotatable bonds is 6. The summed E-state index contributed by atoms with van der Waals surface area (Å²) in [6.07, 6.45) is 6.65. The summed E-state index contributed by atoms with van der Waals surface area (Å²) in [6.45, 7) is 4.48. The minimum Gasteiger partial charge on any atom is -0.342 e. The zero-order chi connectivity index (χ0) is 17.5. The molecule has 5 nitrogen and oxygen atoms in total. The highest BCUT2D eigenvalue weighted by atomic mass is 16.2. The van der Waals surface area contributed by atoms with Gasteiger partial charge >= 0.3 is 0 Å². The number of hydrogen-bond donors (Lipinski definition) is 1. The van der Waals surface area contributed by atoms with E-state index in [0.29, 0.717) is 19.4 Å². The average Bonchev–Trinajstić information content (AvgIpc) is 3.03. The normalized spacial score (nSPS) is 19.0. The highest BCUT2D eigenvalue weighted by Gasteiger charge is 2.18. The lowest BCUT2D eigenvalue weighted by Gasteiger charge is -2.21. The van der Waals surface area contributed by atoms with Crippen molar-refractivity contribution in [2.75, 3.05) is 31.5 Å². The summed E-state index contributed by atoms with van der Waals surface area (Å²) >= 11 is 0. The Hall–Kier alpha value is -1.88. The molecule has 2 heterocycles. The predicted molar refractivity (Wildman–Crippen MR) is 99.2 cm³/mol. The monoisotopic (exact) mass is 343 g/mol. The van der Waals surface area contributed by atoms with E-state index < -0.39 is 0 Å². The molecule has 0 aliphatic carbocycles. The van der Waals surface area contributed by atoms with Gasteiger partial charge in [0.15, 0.2) is 0 Å². The van der Waals surface area contributed by atoms with Gasteiger partial charge in [0.25, 0.3) is 0 Å². The molecule has 0 radical (unpaired) electrons. The molecule has 2 fully saturated rings. The van der Waals surface area contributed by atoms with Gasteiger partial charge in [0, 0.05) is 38.2 Å². The fraction of sp³-hybridized carbons (Fsp3) is 0.600. The number of para-hydroxylation sites is 1. The molecule has 0 unspecified atom stereocenters. The summed E-state index contributed by atoms with van der Waals surface area (Å²) in [5.41, 5.74) is 2.07. The van der Waals surface area contributed by atoms with Crippen molar-refractivity contribution in [2.45, 2.75) is 51.5 Å². The second-order valence-corrected chi connectivity index (χ2v) is 7.13. The number of carbonyl (C=O) groups excluding carboxylic acids is 2. The smallest absolute Gasteiger partial charge is 0.226 e.